The van der Waals surface area contributed by atoms with E-state index < -0.39 is 11.8 Å². The molecular formula is C32H28N4O2. The second-order valence-electron chi connectivity index (χ2n) is 10.3. The minimum atomic E-state index is -0.413. The predicted molar refractivity (Wildman–Crippen MR) is 150 cm³/mol. The van der Waals surface area contributed by atoms with Crippen molar-refractivity contribution in [3.05, 3.63) is 106 Å². The van der Waals surface area contributed by atoms with Crippen LogP contribution in [0.25, 0.3) is 27.6 Å². The van der Waals surface area contributed by atoms with Gasteiger partial charge in [-0.2, -0.15) is 5.10 Å². The van der Waals surface area contributed by atoms with Crippen LogP contribution in [0.5, 0.6) is 0 Å². The van der Waals surface area contributed by atoms with E-state index in [1.165, 1.54) is 16.0 Å². The van der Waals surface area contributed by atoms with Crippen LogP contribution in [-0.2, 0) is 0 Å². The first-order valence-corrected chi connectivity index (χ1v) is 12.7. The summed E-state index contributed by atoms with van der Waals surface area (Å²) in [7, 11) is 0. The number of benzene rings is 3. The minimum absolute atomic E-state index is 0.281. The van der Waals surface area contributed by atoms with Crippen LogP contribution in [0.1, 0.15) is 54.4 Å². The summed E-state index contributed by atoms with van der Waals surface area (Å²) in [6.07, 6.45) is 1.73. The molecule has 6 rings (SSSR count). The third kappa shape index (κ3) is 3.48. The Kier molecular flexibility index (Phi) is 5.31. The molecule has 6 nitrogen and oxygen atoms in total. The van der Waals surface area contributed by atoms with Crippen molar-refractivity contribution in [3.8, 4) is 16.8 Å². The molecule has 2 amide bonds. The molecule has 0 bridgehead atoms. The number of amides is 2. The van der Waals surface area contributed by atoms with Crippen molar-refractivity contribution < 1.29 is 9.59 Å². The molecule has 0 N–H and O–H groups in total. The Balaban J connectivity index is 1.45. The van der Waals surface area contributed by atoms with E-state index in [9.17, 15) is 9.59 Å². The number of nitrogens with zero attached hydrogens (tertiary/aromatic N) is 4. The van der Waals surface area contributed by atoms with Crippen LogP contribution >= 0.6 is 0 Å². The number of hydrogen-bond acceptors (Lipinski definition) is 4. The Hall–Kier alpha value is -4.58. The van der Waals surface area contributed by atoms with Gasteiger partial charge in [0.1, 0.15) is 11.5 Å². The van der Waals surface area contributed by atoms with Gasteiger partial charge in [-0.15, -0.1) is 0 Å². The highest BCUT2D eigenvalue weighted by Crippen LogP contribution is 2.35. The number of carbonyl (C=O) groups excluding carboxylic acids is 2. The zero-order chi connectivity index (χ0) is 26.9. The number of fused-ring (bicyclic) bond motifs is 2. The molecular weight excluding hydrogens is 472 g/mol. The van der Waals surface area contributed by atoms with Gasteiger partial charge < -0.3 is 0 Å². The van der Waals surface area contributed by atoms with E-state index in [0.717, 1.165) is 44.3 Å². The molecule has 0 saturated carbocycles. The molecule has 2 aromatic heterocycles. The highest BCUT2D eigenvalue weighted by Gasteiger charge is 2.44. The zero-order valence-corrected chi connectivity index (χ0v) is 22.4. The Labute approximate surface area is 221 Å². The summed E-state index contributed by atoms with van der Waals surface area (Å²) in [5.41, 5.74) is 9.22. The van der Waals surface area contributed by atoms with Crippen LogP contribution in [0.3, 0.4) is 0 Å². The Morgan fingerprint density at radius 1 is 0.684 bits per heavy atom. The SMILES string of the molecule is Cc1cc2cc(C)c(-n3nc(C)c4c3C(=O)N(c3ncc(-c5ccccc5C)cc3C)C4=O)cc2cc1C. The fourth-order valence-electron chi connectivity index (χ4n) is 5.41. The van der Waals surface area contributed by atoms with Crippen molar-refractivity contribution in [2.45, 2.75) is 41.5 Å². The number of carbonyl (C=O) groups is 2. The number of aryl methyl sites for hydroxylation is 6. The Bertz CT molecular complexity index is 1830. The van der Waals surface area contributed by atoms with Crippen molar-refractivity contribution in [2.75, 3.05) is 4.90 Å². The second-order valence-corrected chi connectivity index (χ2v) is 10.3. The van der Waals surface area contributed by atoms with Gasteiger partial charge in [0.05, 0.1) is 16.9 Å². The maximum absolute atomic E-state index is 13.9. The molecule has 0 radical (unpaired) electrons. The molecule has 188 valence electrons. The molecule has 6 heteroatoms. The van der Waals surface area contributed by atoms with E-state index in [-0.39, 0.29) is 5.69 Å². The van der Waals surface area contributed by atoms with Crippen molar-refractivity contribution in [3.63, 3.8) is 0 Å². The number of rotatable bonds is 3. The van der Waals surface area contributed by atoms with Gasteiger partial charge in [0.15, 0.2) is 0 Å². The topological polar surface area (TPSA) is 68.1 Å². The van der Waals surface area contributed by atoms with Crippen molar-refractivity contribution in [2.24, 2.45) is 0 Å². The molecule has 0 aliphatic carbocycles. The van der Waals surface area contributed by atoms with Crippen molar-refractivity contribution in [1.29, 1.82) is 0 Å². The van der Waals surface area contributed by atoms with Crippen LogP contribution in [0, 0.1) is 41.5 Å². The summed E-state index contributed by atoms with van der Waals surface area (Å²) in [6, 6.07) is 18.5. The number of hydrogen-bond donors (Lipinski definition) is 0. The van der Waals surface area contributed by atoms with Gasteiger partial charge in [-0.25, -0.2) is 14.6 Å². The number of aromatic nitrogens is 3. The van der Waals surface area contributed by atoms with E-state index >= 15 is 0 Å². The lowest BCUT2D eigenvalue weighted by molar-refractivity contribution is 0.0920. The van der Waals surface area contributed by atoms with E-state index in [2.05, 4.69) is 55.1 Å². The number of anilines is 1. The fourth-order valence-corrected chi connectivity index (χ4v) is 5.41. The molecule has 1 aliphatic rings. The molecule has 5 aromatic rings. The van der Waals surface area contributed by atoms with Crippen LogP contribution in [-0.4, -0.2) is 26.6 Å². The maximum Gasteiger partial charge on any atom is 0.286 e. The average molecular weight is 501 g/mol. The molecule has 0 saturated heterocycles. The molecule has 0 unspecified atom stereocenters. The van der Waals surface area contributed by atoms with Crippen LogP contribution in [0.4, 0.5) is 5.82 Å². The summed E-state index contributed by atoms with van der Waals surface area (Å²) in [5, 5.41) is 6.85. The summed E-state index contributed by atoms with van der Waals surface area (Å²) in [5.74, 6) is -0.455. The number of imide groups is 1. The summed E-state index contributed by atoms with van der Waals surface area (Å²) in [6.45, 7) is 11.9. The lowest BCUT2D eigenvalue weighted by Gasteiger charge is -2.18. The van der Waals surface area contributed by atoms with E-state index in [1.807, 2.05) is 44.2 Å². The molecule has 38 heavy (non-hydrogen) atoms. The lowest BCUT2D eigenvalue weighted by Crippen LogP contribution is -2.32. The maximum atomic E-state index is 13.9. The van der Waals surface area contributed by atoms with E-state index in [0.29, 0.717) is 17.1 Å². The Morgan fingerprint density at radius 3 is 2.03 bits per heavy atom. The number of pyridine rings is 1. The molecule has 0 fully saturated rings. The fraction of sp³-hybridized carbons (Fsp3) is 0.188. The van der Waals surface area contributed by atoms with Gasteiger partial charge in [0, 0.05) is 11.8 Å². The average Bonchev–Trinajstić information content (AvgIpc) is 3.35. The van der Waals surface area contributed by atoms with Crippen molar-refractivity contribution in [1.82, 2.24) is 14.8 Å². The first-order chi connectivity index (χ1) is 18.2. The predicted octanol–water partition coefficient (Wildman–Crippen LogP) is 6.74. The second kappa shape index (κ2) is 8.48. The summed E-state index contributed by atoms with van der Waals surface area (Å²) in [4.78, 5) is 33.3. The van der Waals surface area contributed by atoms with Crippen molar-refractivity contribution >= 4 is 28.4 Å². The molecule has 0 atom stereocenters. The third-order valence-electron chi connectivity index (χ3n) is 7.60. The quantitative estimate of drug-likeness (QED) is 0.257. The summed E-state index contributed by atoms with van der Waals surface area (Å²) < 4.78 is 1.63. The largest absolute Gasteiger partial charge is 0.286 e. The third-order valence-corrected chi connectivity index (χ3v) is 7.60. The van der Waals surface area contributed by atoms with Gasteiger partial charge in [0.25, 0.3) is 11.8 Å². The monoisotopic (exact) mass is 500 g/mol. The standard InChI is InChI=1S/C32H28N4O2/c1-17-9-7-8-10-26(17)25-14-21(5)30(33-16-25)35-31(37)28-22(6)34-36(29(28)32(35)38)27-15-24-12-19(3)18(2)11-23(24)13-20(27)4/h7-16H,1-6H3. The first-order valence-electron chi connectivity index (χ1n) is 12.7. The van der Waals surface area contributed by atoms with E-state index in [1.54, 1.807) is 17.8 Å². The highest BCUT2D eigenvalue weighted by atomic mass is 16.2. The normalized spacial score (nSPS) is 13.1. The van der Waals surface area contributed by atoms with Crippen LogP contribution in [0.15, 0.2) is 60.8 Å². The van der Waals surface area contributed by atoms with Gasteiger partial charge in [-0.1, -0.05) is 36.4 Å². The molecule has 3 aromatic carbocycles. The molecule has 0 spiro atoms. The molecule has 3 heterocycles. The smallest absolute Gasteiger partial charge is 0.268 e. The van der Waals surface area contributed by atoms with Gasteiger partial charge in [0.2, 0.25) is 0 Å². The Morgan fingerprint density at radius 2 is 1.34 bits per heavy atom. The molecule has 1 aliphatic heterocycles. The highest BCUT2D eigenvalue weighted by molar-refractivity contribution is 6.34. The lowest BCUT2D eigenvalue weighted by atomic mass is 10.00. The van der Waals surface area contributed by atoms with Gasteiger partial charge in [-0.3, -0.25) is 9.59 Å². The van der Waals surface area contributed by atoms with E-state index in [4.69, 9.17) is 0 Å². The minimum Gasteiger partial charge on any atom is -0.268 e. The van der Waals surface area contributed by atoms with Gasteiger partial charge >= 0.3 is 0 Å². The van der Waals surface area contributed by atoms with Gasteiger partial charge in [-0.05, 0) is 104 Å². The first kappa shape index (κ1) is 23.8. The zero-order valence-electron chi connectivity index (χ0n) is 22.4. The van der Waals surface area contributed by atoms with Crippen LogP contribution in [0.2, 0.25) is 0 Å². The van der Waals surface area contributed by atoms with Crippen LogP contribution < -0.4 is 4.90 Å². The summed E-state index contributed by atoms with van der Waals surface area (Å²) >= 11 is 0.